The molecule has 9 rings (SSSR count). The molecule has 304 valence electrons. The Hall–Kier alpha value is -5.94. The molecule has 0 saturated carbocycles. The van der Waals surface area contributed by atoms with Crippen molar-refractivity contribution in [3.63, 3.8) is 0 Å². The van der Waals surface area contributed by atoms with E-state index in [1.165, 1.54) is 74.5 Å². The van der Waals surface area contributed by atoms with E-state index in [0.717, 1.165) is 28.2 Å². The van der Waals surface area contributed by atoms with Crippen molar-refractivity contribution in [2.24, 2.45) is 0 Å². The van der Waals surface area contributed by atoms with Gasteiger partial charge in [0.25, 0.3) is 0 Å². The van der Waals surface area contributed by atoms with Crippen LogP contribution in [0.3, 0.4) is 0 Å². The number of rotatable bonds is 4. The van der Waals surface area contributed by atoms with Gasteiger partial charge in [0.1, 0.15) is 0 Å². The van der Waals surface area contributed by atoms with Gasteiger partial charge in [-0.1, -0.05) is 103 Å². The molecule has 0 saturated heterocycles. The number of hydrogen-bond acceptors (Lipinski definition) is 5. The van der Waals surface area contributed by atoms with Gasteiger partial charge in [-0.2, -0.15) is 0 Å². The number of aryl methyl sites for hydroxylation is 3. The van der Waals surface area contributed by atoms with Crippen molar-refractivity contribution in [2.75, 3.05) is 0 Å². The minimum absolute atomic E-state index is 0. The van der Waals surface area contributed by atoms with E-state index >= 15 is 0 Å². The number of nitrogens with zero attached hydrogens (tertiary/aromatic N) is 3. The number of allylic oxidation sites excluding steroid dienone is 2. The molecule has 3 heterocycles. The first kappa shape index (κ1) is 46.7. The first-order chi connectivity index (χ1) is 28.2. The number of carbonyl (C=O) groups excluding carboxylic acids is 1. The van der Waals surface area contributed by atoms with Crippen LogP contribution < -0.4 is 0 Å². The second-order valence-corrected chi connectivity index (χ2v) is 13.8. The predicted molar refractivity (Wildman–Crippen MR) is 240 cm³/mol. The van der Waals surface area contributed by atoms with E-state index in [0.29, 0.717) is 0 Å². The van der Waals surface area contributed by atoms with Crippen LogP contribution in [0.1, 0.15) is 30.5 Å². The van der Waals surface area contributed by atoms with Gasteiger partial charge in [-0.25, -0.2) is 0 Å². The Balaban J connectivity index is 0.000000181. The molecule has 3 aromatic heterocycles. The van der Waals surface area contributed by atoms with Crippen LogP contribution in [0.25, 0.3) is 66.1 Å². The second kappa shape index (κ2) is 23.0. The van der Waals surface area contributed by atoms with E-state index in [1.807, 2.05) is 85.3 Å². The topological polar surface area (TPSA) is 76.0 Å². The molecular weight excluding hydrogens is 1100 g/mol. The van der Waals surface area contributed by atoms with Crippen molar-refractivity contribution in [1.82, 2.24) is 15.0 Å². The fourth-order valence-corrected chi connectivity index (χ4v) is 6.63. The van der Waals surface area contributed by atoms with E-state index < -0.39 is 0 Å². The van der Waals surface area contributed by atoms with Crippen LogP contribution in [-0.4, -0.2) is 25.8 Å². The number of pyridine rings is 3. The summed E-state index contributed by atoms with van der Waals surface area (Å²) >= 11 is 0. The number of fused-ring (bicyclic) bond motifs is 3. The molecule has 9 aromatic rings. The average molecular weight is 1140 g/mol. The molecule has 5 nitrogen and oxygen atoms in total. The van der Waals surface area contributed by atoms with Gasteiger partial charge in [-0.3, -0.25) is 9.78 Å². The molecule has 1 N–H and O–H groups in total. The molecule has 0 spiro atoms. The molecular formula is C53H45Ir2N3O2-2. The zero-order valence-corrected chi connectivity index (χ0v) is 38.9. The van der Waals surface area contributed by atoms with Crippen LogP contribution in [-0.2, 0) is 45.0 Å². The Bertz CT molecular complexity index is 2520. The smallest absolute Gasteiger partial charge is 0.155 e. The number of benzene rings is 6. The van der Waals surface area contributed by atoms with E-state index in [9.17, 15) is 4.79 Å². The largest absolute Gasteiger partial charge is 0.512 e. The Kier molecular flexibility index (Phi) is 17.9. The number of carbonyl (C=O) groups is 1. The molecule has 2 radical (unpaired) electrons. The maximum atomic E-state index is 10.0. The first-order valence-corrected chi connectivity index (χ1v) is 19.1. The van der Waals surface area contributed by atoms with Crippen molar-refractivity contribution < 1.29 is 50.1 Å². The minimum Gasteiger partial charge on any atom is -0.512 e. The SMILES string of the molecule is CC(=O)C=C(C)O.Cc1cnc(-c2[c-]cccc2)c2ccccc12.Cc1cnc(-c2[c-]cccc2)c2ccccc12.Cc1cnc(-c2ccccc2)c2ccccc12.[Ir].[Ir]. The van der Waals surface area contributed by atoms with Crippen LogP contribution >= 0.6 is 0 Å². The molecule has 0 aliphatic rings. The number of ketones is 1. The molecule has 0 unspecified atom stereocenters. The van der Waals surface area contributed by atoms with Crippen molar-refractivity contribution in [3.8, 4) is 33.8 Å². The molecule has 0 aliphatic heterocycles. The van der Waals surface area contributed by atoms with Gasteiger partial charge in [0.15, 0.2) is 5.78 Å². The summed E-state index contributed by atoms with van der Waals surface area (Å²) in [5.41, 5.74) is 9.97. The molecule has 0 atom stereocenters. The fraction of sp³-hybridized carbons (Fsp3) is 0.0943. The fourth-order valence-electron chi connectivity index (χ4n) is 6.63. The summed E-state index contributed by atoms with van der Waals surface area (Å²) in [6, 6.07) is 57.9. The molecule has 0 aliphatic carbocycles. The zero-order chi connectivity index (χ0) is 40.9. The summed E-state index contributed by atoms with van der Waals surface area (Å²) in [5.74, 6) is -0.0625. The van der Waals surface area contributed by atoms with E-state index in [-0.39, 0.29) is 51.8 Å². The molecule has 0 amide bonds. The minimum atomic E-state index is -0.125. The van der Waals surface area contributed by atoms with Crippen molar-refractivity contribution in [3.05, 3.63) is 211 Å². The molecule has 60 heavy (non-hydrogen) atoms. The first-order valence-electron chi connectivity index (χ1n) is 19.1. The Morgan fingerprint density at radius 3 is 1.13 bits per heavy atom. The van der Waals surface area contributed by atoms with E-state index in [1.54, 1.807) is 0 Å². The summed E-state index contributed by atoms with van der Waals surface area (Å²) in [7, 11) is 0. The zero-order valence-electron chi connectivity index (χ0n) is 34.1. The summed E-state index contributed by atoms with van der Waals surface area (Å²) in [6.07, 6.45) is 6.97. The third-order valence-electron chi connectivity index (χ3n) is 9.37. The van der Waals surface area contributed by atoms with Gasteiger partial charge < -0.3 is 15.1 Å². The summed E-state index contributed by atoms with van der Waals surface area (Å²) < 4.78 is 0. The Labute approximate surface area is 380 Å². The van der Waals surface area contributed by atoms with Gasteiger partial charge in [0, 0.05) is 75.8 Å². The van der Waals surface area contributed by atoms with Gasteiger partial charge in [-0.15, -0.1) is 71.8 Å². The summed E-state index contributed by atoms with van der Waals surface area (Å²) in [4.78, 5) is 23.7. The van der Waals surface area contributed by atoms with E-state index in [2.05, 4.69) is 133 Å². The maximum Gasteiger partial charge on any atom is 0.155 e. The van der Waals surface area contributed by atoms with Gasteiger partial charge >= 0.3 is 0 Å². The number of aliphatic hydroxyl groups excluding tert-OH is 1. The molecule has 0 bridgehead atoms. The van der Waals surface area contributed by atoms with Crippen LogP contribution in [0.2, 0.25) is 0 Å². The third-order valence-corrected chi connectivity index (χ3v) is 9.37. The standard InChI is InChI=1S/C16H13N.2C16H12N.C5H8O2.2Ir/c3*1-12-11-17-16(13-7-3-2-4-8-13)15-10-6-5-9-14(12)15;1-4(6)3-5(2)7;;/h2-11H,1H3;2*2-7,9-11H,1H3;3,6H,1-2H3;;/q;2*-1;;;. The van der Waals surface area contributed by atoms with Gasteiger partial charge in [-0.05, 0) is 89.6 Å². The summed E-state index contributed by atoms with van der Waals surface area (Å²) in [5, 5.41) is 15.8. The third kappa shape index (κ3) is 12.1. The van der Waals surface area contributed by atoms with Crippen LogP contribution in [0.15, 0.2) is 182 Å². The Morgan fingerprint density at radius 1 is 0.467 bits per heavy atom. The second-order valence-electron chi connectivity index (χ2n) is 13.8. The summed E-state index contributed by atoms with van der Waals surface area (Å²) in [6.45, 7) is 9.13. The maximum absolute atomic E-state index is 10.0. The van der Waals surface area contributed by atoms with Crippen LogP contribution in [0.4, 0.5) is 0 Å². The quantitative estimate of drug-likeness (QED) is 0.108. The molecule has 6 aromatic carbocycles. The number of aliphatic hydroxyl groups is 1. The normalized spacial score (nSPS) is 10.4. The van der Waals surface area contributed by atoms with Crippen LogP contribution in [0, 0.1) is 32.9 Å². The number of hydrogen-bond donors (Lipinski definition) is 1. The van der Waals surface area contributed by atoms with E-state index in [4.69, 9.17) is 5.11 Å². The Morgan fingerprint density at radius 2 is 0.800 bits per heavy atom. The molecule has 7 heteroatoms. The van der Waals surface area contributed by atoms with Crippen molar-refractivity contribution in [1.29, 1.82) is 0 Å². The predicted octanol–water partition coefficient (Wildman–Crippen LogP) is 13.3. The van der Waals surface area contributed by atoms with Gasteiger partial charge in [0.05, 0.1) is 11.5 Å². The number of aromatic nitrogens is 3. The monoisotopic (exact) mass is 1140 g/mol. The average Bonchev–Trinajstić information content (AvgIpc) is 3.26. The molecule has 0 fully saturated rings. The van der Waals surface area contributed by atoms with Crippen molar-refractivity contribution in [2.45, 2.75) is 34.6 Å². The van der Waals surface area contributed by atoms with Crippen molar-refractivity contribution >= 4 is 38.1 Å². The van der Waals surface area contributed by atoms with Crippen LogP contribution in [0.5, 0.6) is 0 Å². The van der Waals surface area contributed by atoms with Gasteiger partial charge in [0.2, 0.25) is 0 Å².